The number of aryl methyl sites for hydroxylation is 2. The fraction of sp³-hybridized carbons (Fsp3) is 0.462. The van der Waals surface area contributed by atoms with Gasteiger partial charge in [0.25, 0.3) is 0 Å². The van der Waals surface area contributed by atoms with Crippen LogP contribution in [0.3, 0.4) is 0 Å². The van der Waals surface area contributed by atoms with Crippen molar-refractivity contribution >= 4 is 0 Å². The number of imidazole rings is 1. The molecule has 1 aliphatic rings. The van der Waals surface area contributed by atoms with Gasteiger partial charge < -0.3 is 14.3 Å². The number of aromatic nitrogens is 2. The first kappa shape index (κ1) is 10.6. The summed E-state index contributed by atoms with van der Waals surface area (Å²) >= 11 is 0. The zero-order valence-corrected chi connectivity index (χ0v) is 10.0. The topological polar surface area (TPSA) is 43.0 Å². The Labute approximate surface area is 101 Å². The molecule has 0 bridgehead atoms. The van der Waals surface area contributed by atoms with Gasteiger partial charge in [0, 0.05) is 37.8 Å². The van der Waals surface area contributed by atoms with Gasteiger partial charge in [-0.1, -0.05) is 0 Å². The van der Waals surface area contributed by atoms with E-state index >= 15 is 0 Å². The molecule has 0 aliphatic heterocycles. The molecule has 0 spiro atoms. The van der Waals surface area contributed by atoms with Crippen LogP contribution in [-0.4, -0.2) is 9.55 Å². The summed E-state index contributed by atoms with van der Waals surface area (Å²) in [6.07, 6.45) is 9.00. The summed E-state index contributed by atoms with van der Waals surface area (Å²) in [6.45, 7) is 0.853. The van der Waals surface area contributed by atoms with Gasteiger partial charge >= 0.3 is 0 Å². The molecule has 3 rings (SSSR count). The summed E-state index contributed by atoms with van der Waals surface area (Å²) < 4.78 is 7.54. The van der Waals surface area contributed by atoms with Crippen LogP contribution in [0, 0.1) is 0 Å². The van der Waals surface area contributed by atoms with Gasteiger partial charge in [-0.05, 0) is 18.9 Å². The van der Waals surface area contributed by atoms with Crippen molar-refractivity contribution in [1.29, 1.82) is 0 Å². The number of hydrogen-bond donors (Lipinski definition) is 1. The van der Waals surface area contributed by atoms with Gasteiger partial charge in [-0.2, -0.15) is 0 Å². The molecule has 2 aromatic rings. The molecule has 1 N–H and O–H groups in total. The molecule has 0 aromatic carbocycles. The minimum absolute atomic E-state index is 0.424. The standard InChI is InChI=1S/C13H17N3O/c1-16-9-14-7-10(16)8-15-12-3-2-4-13-11(12)5-6-17-13/h5-7,9,12,15H,2-4,8H2,1H3. The summed E-state index contributed by atoms with van der Waals surface area (Å²) in [5.74, 6) is 1.15. The maximum Gasteiger partial charge on any atom is 0.108 e. The van der Waals surface area contributed by atoms with E-state index in [1.165, 1.54) is 24.1 Å². The van der Waals surface area contributed by atoms with Crippen LogP contribution in [0.5, 0.6) is 0 Å². The second-order valence-electron chi connectivity index (χ2n) is 4.62. The van der Waals surface area contributed by atoms with Crippen molar-refractivity contribution in [3.05, 3.63) is 41.9 Å². The van der Waals surface area contributed by atoms with E-state index in [0.717, 1.165) is 18.7 Å². The monoisotopic (exact) mass is 231 g/mol. The van der Waals surface area contributed by atoms with Crippen molar-refractivity contribution in [2.24, 2.45) is 7.05 Å². The number of rotatable bonds is 3. The molecule has 90 valence electrons. The SMILES string of the molecule is Cn1cncc1CNC1CCCc2occc21. The Morgan fingerprint density at radius 3 is 3.35 bits per heavy atom. The normalized spacial score (nSPS) is 19.2. The van der Waals surface area contributed by atoms with Gasteiger partial charge in [-0.3, -0.25) is 0 Å². The Balaban J connectivity index is 1.70. The summed E-state index contributed by atoms with van der Waals surface area (Å²) in [6, 6.07) is 2.52. The second-order valence-corrected chi connectivity index (χ2v) is 4.62. The maximum absolute atomic E-state index is 5.49. The highest BCUT2D eigenvalue weighted by Crippen LogP contribution is 2.30. The summed E-state index contributed by atoms with van der Waals surface area (Å²) in [7, 11) is 2.02. The average Bonchev–Trinajstić information content (AvgIpc) is 2.95. The van der Waals surface area contributed by atoms with Crippen LogP contribution in [0.2, 0.25) is 0 Å². The highest BCUT2D eigenvalue weighted by atomic mass is 16.3. The molecule has 0 saturated carbocycles. The Hall–Kier alpha value is -1.55. The molecule has 0 radical (unpaired) electrons. The number of hydrogen-bond acceptors (Lipinski definition) is 3. The van der Waals surface area contributed by atoms with Crippen LogP contribution in [0.4, 0.5) is 0 Å². The lowest BCUT2D eigenvalue weighted by Crippen LogP contribution is -2.24. The van der Waals surface area contributed by atoms with Crippen LogP contribution in [0.25, 0.3) is 0 Å². The third kappa shape index (κ3) is 2.00. The Bertz CT molecular complexity index is 500. The van der Waals surface area contributed by atoms with Crippen molar-refractivity contribution in [2.45, 2.75) is 31.8 Å². The number of furan rings is 1. The van der Waals surface area contributed by atoms with Gasteiger partial charge in [0.15, 0.2) is 0 Å². The van der Waals surface area contributed by atoms with E-state index in [4.69, 9.17) is 4.42 Å². The van der Waals surface area contributed by atoms with Gasteiger partial charge in [0.1, 0.15) is 5.76 Å². The average molecular weight is 231 g/mol. The summed E-state index contributed by atoms with van der Waals surface area (Å²) in [4.78, 5) is 4.12. The quantitative estimate of drug-likeness (QED) is 0.880. The van der Waals surface area contributed by atoms with E-state index < -0.39 is 0 Å². The molecular formula is C13H17N3O. The molecular weight excluding hydrogens is 214 g/mol. The Kier molecular flexibility index (Phi) is 2.73. The van der Waals surface area contributed by atoms with E-state index in [1.807, 2.05) is 24.1 Å². The van der Waals surface area contributed by atoms with Crippen molar-refractivity contribution in [1.82, 2.24) is 14.9 Å². The fourth-order valence-corrected chi connectivity index (χ4v) is 2.48. The largest absolute Gasteiger partial charge is 0.469 e. The van der Waals surface area contributed by atoms with E-state index in [9.17, 15) is 0 Å². The number of nitrogens with zero attached hydrogens (tertiary/aromatic N) is 2. The van der Waals surface area contributed by atoms with Gasteiger partial charge in [-0.15, -0.1) is 0 Å². The third-order valence-electron chi connectivity index (χ3n) is 3.50. The van der Waals surface area contributed by atoms with E-state index in [1.54, 1.807) is 6.26 Å². The summed E-state index contributed by atoms with van der Waals surface area (Å²) in [5, 5.41) is 3.59. The zero-order chi connectivity index (χ0) is 11.7. The van der Waals surface area contributed by atoms with Crippen LogP contribution >= 0.6 is 0 Å². The fourth-order valence-electron chi connectivity index (χ4n) is 2.48. The van der Waals surface area contributed by atoms with Gasteiger partial charge in [0.05, 0.1) is 18.3 Å². The maximum atomic E-state index is 5.49. The van der Waals surface area contributed by atoms with Crippen LogP contribution in [0.15, 0.2) is 29.3 Å². The first-order valence-electron chi connectivity index (χ1n) is 6.09. The molecule has 2 aromatic heterocycles. The predicted molar refractivity (Wildman–Crippen MR) is 64.4 cm³/mol. The van der Waals surface area contributed by atoms with E-state index in [-0.39, 0.29) is 0 Å². The molecule has 0 fully saturated rings. The molecule has 2 heterocycles. The minimum atomic E-state index is 0.424. The third-order valence-corrected chi connectivity index (χ3v) is 3.50. The molecule has 1 atom stereocenters. The predicted octanol–water partition coefficient (Wildman–Crippen LogP) is 2.18. The molecule has 4 heteroatoms. The van der Waals surface area contributed by atoms with Crippen LogP contribution < -0.4 is 5.32 Å². The molecule has 0 saturated heterocycles. The second kappa shape index (κ2) is 4.37. The highest BCUT2D eigenvalue weighted by Gasteiger charge is 2.22. The lowest BCUT2D eigenvalue weighted by Gasteiger charge is -2.22. The van der Waals surface area contributed by atoms with Crippen LogP contribution in [-0.2, 0) is 20.0 Å². The van der Waals surface area contributed by atoms with Gasteiger partial charge in [-0.25, -0.2) is 4.98 Å². The molecule has 4 nitrogen and oxygen atoms in total. The van der Waals surface area contributed by atoms with Crippen LogP contribution in [0.1, 0.15) is 35.9 Å². The molecule has 0 amide bonds. The Morgan fingerprint density at radius 1 is 1.59 bits per heavy atom. The first-order chi connectivity index (χ1) is 8.34. The Morgan fingerprint density at radius 2 is 2.53 bits per heavy atom. The van der Waals surface area contributed by atoms with E-state index in [0.29, 0.717) is 6.04 Å². The van der Waals surface area contributed by atoms with Gasteiger partial charge in [0.2, 0.25) is 0 Å². The van der Waals surface area contributed by atoms with Crippen molar-refractivity contribution < 1.29 is 4.42 Å². The minimum Gasteiger partial charge on any atom is -0.469 e. The molecule has 1 unspecified atom stereocenters. The number of nitrogens with one attached hydrogen (secondary N) is 1. The van der Waals surface area contributed by atoms with E-state index in [2.05, 4.69) is 16.4 Å². The lowest BCUT2D eigenvalue weighted by molar-refractivity contribution is 0.408. The smallest absolute Gasteiger partial charge is 0.108 e. The molecule has 1 aliphatic carbocycles. The summed E-state index contributed by atoms with van der Waals surface area (Å²) in [5.41, 5.74) is 2.54. The molecule has 17 heavy (non-hydrogen) atoms. The lowest BCUT2D eigenvalue weighted by atomic mass is 9.93. The highest BCUT2D eigenvalue weighted by molar-refractivity contribution is 5.24. The first-order valence-corrected chi connectivity index (χ1v) is 6.09. The number of fused-ring (bicyclic) bond motifs is 1. The van der Waals surface area contributed by atoms with Crippen molar-refractivity contribution in [3.8, 4) is 0 Å². The zero-order valence-electron chi connectivity index (χ0n) is 10.0. The van der Waals surface area contributed by atoms with Crippen molar-refractivity contribution in [2.75, 3.05) is 0 Å². The van der Waals surface area contributed by atoms with Crippen molar-refractivity contribution in [3.63, 3.8) is 0 Å².